The number of benzene rings is 3. The lowest BCUT2D eigenvalue weighted by Gasteiger charge is -2.21. The first kappa shape index (κ1) is 27.1. The number of hydrogen-bond acceptors (Lipinski definition) is 4. The molecular weight excluding hydrogens is 565 g/mol. The molecule has 0 aliphatic carbocycles. The summed E-state index contributed by atoms with van der Waals surface area (Å²) in [4.78, 5) is 29.9. The van der Waals surface area contributed by atoms with Crippen LogP contribution in [0.15, 0.2) is 77.3 Å². The number of amides is 1. The molecule has 4 aromatic rings. The third-order valence-corrected chi connectivity index (χ3v) is 6.47. The van der Waals surface area contributed by atoms with Crippen LogP contribution in [0.5, 0.6) is 5.75 Å². The second kappa shape index (κ2) is 11.2. The van der Waals surface area contributed by atoms with Crippen LogP contribution < -0.4 is 10.1 Å². The van der Waals surface area contributed by atoms with Crippen LogP contribution in [0.2, 0.25) is 0 Å². The molecule has 0 bridgehead atoms. The van der Waals surface area contributed by atoms with E-state index >= 15 is 0 Å². The Morgan fingerprint density at radius 1 is 1.05 bits per heavy atom. The molecule has 1 atom stereocenters. The number of aliphatic carboxylic acids is 1. The zero-order valence-corrected chi connectivity index (χ0v) is 21.6. The van der Waals surface area contributed by atoms with Crippen LogP contribution in [0.25, 0.3) is 22.2 Å². The smallest absolute Gasteiger partial charge is 0.481 e. The van der Waals surface area contributed by atoms with Crippen LogP contribution >= 0.6 is 15.9 Å². The van der Waals surface area contributed by atoms with Crippen LogP contribution in [0, 0.1) is 6.92 Å². The normalized spacial score (nSPS) is 12.2. The van der Waals surface area contributed by atoms with Crippen LogP contribution in [0.4, 0.5) is 13.2 Å². The van der Waals surface area contributed by atoms with E-state index in [9.17, 15) is 27.9 Å². The predicted octanol–water partition coefficient (Wildman–Crippen LogP) is 6.86. The molecule has 0 spiro atoms. The zero-order chi connectivity index (χ0) is 27.4. The minimum absolute atomic E-state index is 0.0246. The summed E-state index contributed by atoms with van der Waals surface area (Å²) in [6.07, 6.45) is -5.48. The number of para-hydroxylation sites is 1. The summed E-state index contributed by atoms with van der Waals surface area (Å²) in [5.41, 5.74) is 2.96. The second-order valence-corrected chi connectivity index (χ2v) is 9.49. The number of alkyl halides is 3. The summed E-state index contributed by atoms with van der Waals surface area (Å²) in [6, 6.07) is 20.0. The SMILES string of the molecule is Cc1c(-c2ccccc2)nc2ccc(Br)cc2c1C(=O)NCC(CC(=O)O)c1ccccc1OC(F)(F)F. The third kappa shape index (κ3) is 6.31. The average molecular weight is 587 g/mol. The van der Waals surface area contributed by atoms with Crippen molar-refractivity contribution in [3.8, 4) is 17.0 Å². The Balaban J connectivity index is 1.72. The van der Waals surface area contributed by atoms with E-state index in [0.29, 0.717) is 27.7 Å². The molecule has 0 aliphatic rings. The van der Waals surface area contributed by atoms with Gasteiger partial charge in [-0.05, 0) is 42.3 Å². The summed E-state index contributed by atoms with van der Waals surface area (Å²) in [6.45, 7) is 1.53. The molecule has 0 radical (unpaired) electrons. The number of fused-ring (bicyclic) bond motifs is 1. The Kier molecular flexibility index (Phi) is 8.01. The van der Waals surface area contributed by atoms with E-state index < -0.39 is 36.3 Å². The van der Waals surface area contributed by atoms with Crippen molar-refractivity contribution in [2.75, 3.05) is 6.54 Å². The minimum Gasteiger partial charge on any atom is -0.481 e. The van der Waals surface area contributed by atoms with Gasteiger partial charge in [-0.25, -0.2) is 4.98 Å². The van der Waals surface area contributed by atoms with Crippen molar-refractivity contribution in [2.24, 2.45) is 0 Å². The quantitative estimate of drug-likeness (QED) is 0.235. The van der Waals surface area contributed by atoms with Crippen molar-refractivity contribution in [1.82, 2.24) is 10.3 Å². The molecule has 38 heavy (non-hydrogen) atoms. The Bertz CT molecular complexity index is 1490. The Hall–Kier alpha value is -3.92. The van der Waals surface area contributed by atoms with Crippen LogP contribution in [-0.4, -0.2) is 34.9 Å². The number of carbonyl (C=O) groups excluding carboxylic acids is 1. The van der Waals surface area contributed by atoms with Crippen molar-refractivity contribution in [2.45, 2.75) is 25.6 Å². The van der Waals surface area contributed by atoms with Gasteiger partial charge in [0, 0.05) is 27.9 Å². The van der Waals surface area contributed by atoms with E-state index in [1.54, 1.807) is 19.1 Å². The third-order valence-electron chi connectivity index (χ3n) is 5.98. The van der Waals surface area contributed by atoms with Gasteiger partial charge >= 0.3 is 12.3 Å². The van der Waals surface area contributed by atoms with E-state index in [1.807, 2.05) is 36.4 Å². The maximum Gasteiger partial charge on any atom is 0.573 e. The number of halogens is 4. The Morgan fingerprint density at radius 2 is 1.74 bits per heavy atom. The van der Waals surface area contributed by atoms with E-state index in [0.717, 1.165) is 16.1 Å². The molecule has 1 heterocycles. The maximum atomic E-state index is 13.6. The fourth-order valence-corrected chi connectivity index (χ4v) is 4.70. The molecular formula is C28H22BrF3N2O4. The van der Waals surface area contributed by atoms with Gasteiger partial charge in [0.2, 0.25) is 0 Å². The highest BCUT2D eigenvalue weighted by molar-refractivity contribution is 9.10. The number of ether oxygens (including phenoxy) is 1. The lowest BCUT2D eigenvalue weighted by atomic mass is 9.93. The number of carbonyl (C=O) groups is 2. The van der Waals surface area contributed by atoms with Gasteiger partial charge in [-0.1, -0.05) is 64.5 Å². The lowest BCUT2D eigenvalue weighted by Crippen LogP contribution is -2.31. The van der Waals surface area contributed by atoms with Gasteiger partial charge < -0.3 is 15.2 Å². The molecule has 1 amide bonds. The van der Waals surface area contributed by atoms with Crippen molar-refractivity contribution in [3.63, 3.8) is 0 Å². The topological polar surface area (TPSA) is 88.5 Å². The van der Waals surface area contributed by atoms with E-state index in [4.69, 9.17) is 4.98 Å². The lowest BCUT2D eigenvalue weighted by molar-refractivity contribution is -0.275. The van der Waals surface area contributed by atoms with Crippen molar-refractivity contribution in [3.05, 3.63) is 94.0 Å². The first-order chi connectivity index (χ1) is 18.0. The highest BCUT2D eigenvalue weighted by Gasteiger charge is 2.33. The number of carboxylic acids is 1. The van der Waals surface area contributed by atoms with Gasteiger partial charge in [0.25, 0.3) is 5.91 Å². The molecule has 4 rings (SSSR count). The van der Waals surface area contributed by atoms with E-state index in [2.05, 4.69) is 26.0 Å². The highest BCUT2D eigenvalue weighted by atomic mass is 79.9. The summed E-state index contributed by atoms with van der Waals surface area (Å²) in [5.74, 6) is -3.23. The Labute approximate surface area is 224 Å². The number of nitrogens with one attached hydrogen (secondary N) is 1. The molecule has 3 aromatic carbocycles. The predicted molar refractivity (Wildman–Crippen MR) is 140 cm³/mol. The number of nitrogens with zero attached hydrogens (tertiary/aromatic N) is 1. The summed E-state index contributed by atoms with van der Waals surface area (Å²) < 4.78 is 43.8. The number of hydrogen-bond donors (Lipinski definition) is 2. The largest absolute Gasteiger partial charge is 0.573 e. The number of rotatable bonds is 8. The van der Waals surface area contributed by atoms with Crippen LogP contribution in [0.3, 0.4) is 0 Å². The average Bonchev–Trinajstić information content (AvgIpc) is 2.86. The summed E-state index contributed by atoms with van der Waals surface area (Å²) in [5, 5.41) is 12.8. The van der Waals surface area contributed by atoms with Gasteiger partial charge in [-0.3, -0.25) is 9.59 Å². The molecule has 0 saturated carbocycles. The number of carboxylic acid groups (broad SMARTS) is 1. The van der Waals surface area contributed by atoms with Crippen molar-refractivity contribution < 1.29 is 32.6 Å². The van der Waals surface area contributed by atoms with Crippen LogP contribution in [0.1, 0.15) is 33.8 Å². The number of pyridine rings is 1. The summed E-state index contributed by atoms with van der Waals surface area (Å²) >= 11 is 3.42. The molecule has 0 aliphatic heterocycles. The fraction of sp³-hybridized carbons (Fsp3) is 0.179. The van der Waals surface area contributed by atoms with Gasteiger partial charge in [0.1, 0.15) is 5.75 Å². The highest BCUT2D eigenvalue weighted by Crippen LogP contribution is 2.34. The van der Waals surface area contributed by atoms with Gasteiger partial charge in [-0.2, -0.15) is 0 Å². The second-order valence-electron chi connectivity index (χ2n) is 8.58. The number of aromatic nitrogens is 1. The minimum atomic E-state index is -4.96. The molecule has 10 heteroatoms. The molecule has 0 saturated heterocycles. The molecule has 6 nitrogen and oxygen atoms in total. The van der Waals surface area contributed by atoms with E-state index in [-0.39, 0.29) is 12.1 Å². The molecule has 0 fully saturated rings. The van der Waals surface area contributed by atoms with Gasteiger partial charge in [0.05, 0.1) is 23.2 Å². The molecule has 2 N–H and O–H groups in total. The van der Waals surface area contributed by atoms with Crippen molar-refractivity contribution in [1.29, 1.82) is 0 Å². The molecule has 1 unspecified atom stereocenters. The van der Waals surface area contributed by atoms with E-state index in [1.165, 1.54) is 18.2 Å². The Morgan fingerprint density at radius 3 is 2.42 bits per heavy atom. The maximum absolute atomic E-state index is 13.6. The molecule has 1 aromatic heterocycles. The summed E-state index contributed by atoms with van der Waals surface area (Å²) in [7, 11) is 0. The van der Waals surface area contributed by atoms with Crippen molar-refractivity contribution >= 4 is 38.7 Å². The standard InChI is InChI=1S/C28H22BrF3N2O4/c1-16-25(21-14-19(29)11-12-22(21)34-26(16)17-7-3-2-4-8-17)27(37)33-15-18(13-24(35)36)20-9-5-6-10-23(20)38-28(30,31)32/h2-12,14,18H,13,15H2,1H3,(H,33,37)(H,35,36). The van der Waals surface area contributed by atoms with Crippen LogP contribution in [-0.2, 0) is 4.79 Å². The van der Waals surface area contributed by atoms with Gasteiger partial charge in [-0.15, -0.1) is 13.2 Å². The first-order valence-electron chi connectivity index (χ1n) is 11.5. The zero-order valence-electron chi connectivity index (χ0n) is 20.1. The molecule has 196 valence electrons. The monoisotopic (exact) mass is 586 g/mol. The first-order valence-corrected chi connectivity index (χ1v) is 12.3. The fourth-order valence-electron chi connectivity index (χ4n) is 4.34. The van der Waals surface area contributed by atoms with Gasteiger partial charge in [0.15, 0.2) is 0 Å².